The summed E-state index contributed by atoms with van der Waals surface area (Å²) in [5.41, 5.74) is 5.67. The summed E-state index contributed by atoms with van der Waals surface area (Å²) in [6, 6.07) is 13.7. The van der Waals surface area contributed by atoms with Crippen LogP contribution in [0.15, 0.2) is 48.5 Å². The van der Waals surface area contributed by atoms with E-state index in [2.05, 4.69) is 33.4 Å². The van der Waals surface area contributed by atoms with Crippen LogP contribution in [-0.2, 0) is 0 Å². The number of benzene rings is 2. The first kappa shape index (κ1) is 15.3. The van der Waals surface area contributed by atoms with Crippen molar-refractivity contribution in [3.05, 3.63) is 63.2 Å². The van der Waals surface area contributed by atoms with Gasteiger partial charge in [-0.1, -0.05) is 6.07 Å². The van der Waals surface area contributed by atoms with Crippen LogP contribution in [0.4, 0.5) is 0 Å². The minimum atomic E-state index is -0.392. The van der Waals surface area contributed by atoms with Crippen molar-refractivity contribution in [2.75, 3.05) is 7.11 Å². The van der Waals surface area contributed by atoms with Crippen molar-refractivity contribution in [1.29, 1.82) is 0 Å². The molecule has 0 saturated heterocycles. The zero-order valence-corrected chi connectivity index (χ0v) is 13.4. The molecule has 0 aliphatic heterocycles. The van der Waals surface area contributed by atoms with E-state index in [0.29, 0.717) is 16.9 Å². The monoisotopic (exact) mass is 396 g/mol. The van der Waals surface area contributed by atoms with Gasteiger partial charge in [-0.25, -0.2) is 0 Å². The summed E-state index contributed by atoms with van der Waals surface area (Å²) >= 11 is 2.12. The first-order valence-electron chi connectivity index (χ1n) is 6.10. The molecule has 0 aliphatic rings. The van der Waals surface area contributed by atoms with Crippen molar-refractivity contribution in [3.8, 4) is 5.75 Å². The Morgan fingerprint density at radius 2 is 1.57 bits per heavy atom. The highest BCUT2D eigenvalue weighted by Crippen LogP contribution is 2.11. The molecular weight excluding hydrogens is 383 g/mol. The fourth-order valence-electron chi connectivity index (χ4n) is 1.63. The normalized spacial score (nSPS) is 9.81. The molecule has 2 aromatic carbocycles. The molecule has 0 bridgehead atoms. The molecule has 0 fully saturated rings. The van der Waals surface area contributed by atoms with E-state index in [0.717, 1.165) is 3.57 Å². The van der Waals surface area contributed by atoms with Crippen LogP contribution in [0.2, 0.25) is 0 Å². The van der Waals surface area contributed by atoms with Crippen LogP contribution in [0.25, 0.3) is 0 Å². The molecule has 0 atom stereocenters. The molecular formula is C15H13IN2O3. The Morgan fingerprint density at radius 1 is 0.952 bits per heavy atom. The predicted octanol–water partition coefficient (Wildman–Crippen LogP) is 2.37. The van der Waals surface area contributed by atoms with E-state index in [1.165, 1.54) is 0 Å². The number of rotatable bonds is 3. The summed E-state index contributed by atoms with van der Waals surface area (Å²) in [6.07, 6.45) is 0. The highest BCUT2D eigenvalue weighted by molar-refractivity contribution is 14.1. The predicted molar refractivity (Wildman–Crippen MR) is 87.1 cm³/mol. The zero-order valence-electron chi connectivity index (χ0n) is 11.2. The third-order valence-corrected chi connectivity index (χ3v) is 3.40. The van der Waals surface area contributed by atoms with E-state index in [1.54, 1.807) is 49.6 Å². The number of ether oxygens (including phenoxy) is 1. The average Bonchev–Trinajstić information content (AvgIpc) is 2.52. The Bertz CT molecular complexity index is 656. The molecule has 108 valence electrons. The van der Waals surface area contributed by atoms with E-state index in [9.17, 15) is 9.59 Å². The van der Waals surface area contributed by atoms with Gasteiger partial charge in [0.25, 0.3) is 11.8 Å². The van der Waals surface area contributed by atoms with Crippen LogP contribution in [0.3, 0.4) is 0 Å². The number of nitrogens with one attached hydrogen (secondary N) is 2. The summed E-state index contributed by atoms with van der Waals surface area (Å²) in [6.45, 7) is 0. The molecule has 2 aromatic rings. The van der Waals surface area contributed by atoms with Crippen molar-refractivity contribution in [1.82, 2.24) is 10.9 Å². The Morgan fingerprint density at radius 3 is 2.14 bits per heavy atom. The number of carbonyl (C=O) groups excluding carboxylic acids is 2. The molecule has 0 heterocycles. The van der Waals surface area contributed by atoms with Gasteiger partial charge in [-0.2, -0.15) is 0 Å². The van der Waals surface area contributed by atoms with Crippen molar-refractivity contribution >= 4 is 34.4 Å². The van der Waals surface area contributed by atoms with Gasteiger partial charge >= 0.3 is 0 Å². The molecule has 0 unspecified atom stereocenters. The van der Waals surface area contributed by atoms with Crippen molar-refractivity contribution in [2.45, 2.75) is 0 Å². The minimum absolute atomic E-state index is 0.365. The number of halogens is 1. The van der Waals surface area contributed by atoms with Crippen LogP contribution in [0.1, 0.15) is 20.7 Å². The number of hydrogen-bond donors (Lipinski definition) is 2. The van der Waals surface area contributed by atoms with Crippen molar-refractivity contribution in [3.63, 3.8) is 0 Å². The lowest BCUT2D eigenvalue weighted by molar-refractivity contribution is 0.0846. The Kier molecular flexibility index (Phi) is 5.15. The molecule has 2 rings (SSSR count). The first-order valence-corrected chi connectivity index (χ1v) is 7.18. The van der Waals surface area contributed by atoms with Gasteiger partial charge < -0.3 is 4.74 Å². The van der Waals surface area contributed by atoms with Crippen LogP contribution >= 0.6 is 22.6 Å². The van der Waals surface area contributed by atoms with Gasteiger partial charge in [0.05, 0.1) is 7.11 Å². The standard InChI is InChI=1S/C15H13IN2O3/c1-21-13-7-5-10(6-8-13)14(19)17-18-15(20)11-3-2-4-12(16)9-11/h2-9H,1H3,(H,17,19)(H,18,20). The molecule has 5 nitrogen and oxygen atoms in total. The van der Waals surface area contributed by atoms with Crippen LogP contribution < -0.4 is 15.6 Å². The van der Waals surface area contributed by atoms with Gasteiger partial charge in [-0.15, -0.1) is 0 Å². The molecule has 0 saturated carbocycles. The SMILES string of the molecule is COc1ccc(C(=O)NNC(=O)c2cccc(I)c2)cc1. The van der Waals surface area contributed by atoms with Gasteiger partial charge in [0.15, 0.2) is 0 Å². The summed E-state index contributed by atoms with van der Waals surface area (Å²) in [7, 11) is 1.55. The Labute approximate surface area is 135 Å². The Balaban J connectivity index is 1.95. The molecule has 0 spiro atoms. The Hall–Kier alpha value is -2.09. The lowest BCUT2D eigenvalue weighted by Crippen LogP contribution is -2.41. The largest absolute Gasteiger partial charge is 0.497 e. The number of methoxy groups -OCH3 is 1. The average molecular weight is 396 g/mol. The maximum Gasteiger partial charge on any atom is 0.269 e. The maximum atomic E-state index is 11.9. The number of carbonyl (C=O) groups is 2. The van der Waals surface area contributed by atoms with Crippen LogP contribution in [-0.4, -0.2) is 18.9 Å². The van der Waals surface area contributed by atoms with E-state index in [-0.39, 0.29) is 5.91 Å². The second-order valence-corrected chi connectivity index (χ2v) is 5.39. The molecule has 2 amide bonds. The summed E-state index contributed by atoms with van der Waals surface area (Å²) < 4.78 is 5.96. The smallest absolute Gasteiger partial charge is 0.269 e. The molecule has 0 aliphatic carbocycles. The second kappa shape index (κ2) is 7.07. The van der Waals surface area contributed by atoms with Crippen LogP contribution in [0, 0.1) is 3.57 Å². The highest BCUT2D eigenvalue weighted by Gasteiger charge is 2.09. The molecule has 0 aromatic heterocycles. The quantitative estimate of drug-likeness (QED) is 0.619. The van der Waals surface area contributed by atoms with Gasteiger partial charge in [0, 0.05) is 14.7 Å². The van der Waals surface area contributed by atoms with E-state index in [1.807, 2.05) is 6.07 Å². The highest BCUT2D eigenvalue weighted by atomic mass is 127. The van der Waals surface area contributed by atoms with Crippen LogP contribution in [0.5, 0.6) is 5.75 Å². The van der Waals surface area contributed by atoms with Gasteiger partial charge in [-0.3, -0.25) is 20.4 Å². The zero-order chi connectivity index (χ0) is 15.2. The lowest BCUT2D eigenvalue weighted by Gasteiger charge is -2.08. The second-order valence-electron chi connectivity index (χ2n) is 4.15. The lowest BCUT2D eigenvalue weighted by atomic mass is 10.2. The number of amides is 2. The van der Waals surface area contributed by atoms with Gasteiger partial charge in [0.2, 0.25) is 0 Å². The van der Waals surface area contributed by atoms with Gasteiger partial charge in [0.1, 0.15) is 5.75 Å². The topological polar surface area (TPSA) is 67.4 Å². The minimum Gasteiger partial charge on any atom is -0.497 e. The number of hydrogen-bond acceptors (Lipinski definition) is 3. The van der Waals surface area contributed by atoms with E-state index in [4.69, 9.17) is 4.74 Å². The van der Waals surface area contributed by atoms with Gasteiger partial charge in [-0.05, 0) is 65.1 Å². The summed E-state index contributed by atoms with van der Waals surface area (Å²) in [5, 5.41) is 0. The molecule has 0 radical (unpaired) electrons. The molecule has 21 heavy (non-hydrogen) atoms. The maximum absolute atomic E-state index is 11.9. The van der Waals surface area contributed by atoms with E-state index < -0.39 is 5.91 Å². The third-order valence-electron chi connectivity index (χ3n) is 2.73. The third kappa shape index (κ3) is 4.19. The van der Waals surface area contributed by atoms with Crippen molar-refractivity contribution in [2.24, 2.45) is 0 Å². The summed E-state index contributed by atoms with van der Waals surface area (Å²) in [5.74, 6) is -0.0959. The number of hydrazine groups is 1. The molecule has 6 heteroatoms. The first-order chi connectivity index (χ1) is 10.1. The summed E-state index contributed by atoms with van der Waals surface area (Å²) in [4.78, 5) is 23.8. The molecule has 2 N–H and O–H groups in total. The fraction of sp³-hybridized carbons (Fsp3) is 0.0667. The van der Waals surface area contributed by atoms with Crippen molar-refractivity contribution < 1.29 is 14.3 Å². The fourth-order valence-corrected chi connectivity index (χ4v) is 2.17. The van der Waals surface area contributed by atoms with E-state index >= 15 is 0 Å².